The molecule has 3 aromatic heterocycles. The van der Waals surface area contributed by atoms with Crippen LogP contribution >= 0.6 is 0 Å². The highest BCUT2D eigenvalue weighted by atomic mass is 19.1. The molecule has 0 aliphatic heterocycles. The number of fused-ring (bicyclic) bond motifs is 2. The van der Waals surface area contributed by atoms with Crippen LogP contribution in [0.5, 0.6) is 0 Å². The van der Waals surface area contributed by atoms with Gasteiger partial charge in [-0.2, -0.15) is 5.10 Å². The Morgan fingerprint density at radius 3 is 3.05 bits per heavy atom. The molecule has 0 aliphatic carbocycles. The monoisotopic (exact) mass is 282 g/mol. The Labute approximate surface area is 118 Å². The average molecular weight is 282 g/mol. The minimum Gasteiger partial charge on any atom is -0.456 e. The predicted octanol–water partition coefficient (Wildman–Crippen LogP) is 2.66. The Hall–Kier alpha value is -2.73. The first-order valence-electron chi connectivity index (χ1n) is 6.45. The highest BCUT2D eigenvalue weighted by molar-refractivity contribution is 5.78. The van der Waals surface area contributed by atoms with Crippen LogP contribution in [0.3, 0.4) is 0 Å². The SMILES string of the molecule is NC(c1cc2cccc(F)c2o1)c1cnn2ccncc12. The van der Waals surface area contributed by atoms with E-state index < -0.39 is 11.9 Å². The Morgan fingerprint density at radius 1 is 1.29 bits per heavy atom. The molecule has 6 heteroatoms. The van der Waals surface area contributed by atoms with Gasteiger partial charge in [-0.25, -0.2) is 8.91 Å². The van der Waals surface area contributed by atoms with Gasteiger partial charge in [-0.15, -0.1) is 0 Å². The van der Waals surface area contributed by atoms with Gasteiger partial charge in [-0.05, 0) is 12.1 Å². The van der Waals surface area contributed by atoms with Crippen molar-refractivity contribution in [2.75, 3.05) is 0 Å². The standard InChI is InChI=1S/C15H11FN4O/c16-11-3-1-2-9-6-13(21-15(9)11)14(17)10-7-19-20-5-4-18-8-12(10)20/h1-8,14H,17H2. The number of benzene rings is 1. The number of halogens is 1. The number of rotatable bonds is 2. The van der Waals surface area contributed by atoms with Gasteiger partial charge in [0, 0.05) is 23.3 Å². The maximum absolute atomic E-state index is 13.7. The molecule has 0 radical (unpaired) electrons. The highest BCUT2D eigenvalue weighted by Gasteiger charge is 2.19. The smallest absolute Gasteiger partial charge is 0.169 e. The van der Waals surface area contributed by atoms with Gasteiger partial charge in [-0.3, -0.25) is 4.98 Å². The zero-order chi connectivity index (χ0) is 14.4. The number of nitrogens with zero attached hydrogens (tertiary/aromatic N) is 3. The second kappa shape index (κ2) is 4.39. The molecule has 1 unspecified atom stereocenters. The maximum Gasteiger partial charge on any atom is 0.169 e. The number of furan rings is 1. The van der Waals surface area contributed by atoms with Gasteiger partial charge in [0.05, 0.1) is 24.0 Å². The van der Waals surface area contributed by atoms with Crippen molar-refractivity contribution in [1.29, 1.82) is 0 Å². The molecule has 0 spiro atoms. The summed E-state index contributed by atoms with van der Waals surface area (Å²) in [6.45, 7) is 0. The van der Waals surface area contributed by atoms with Gasteiger partial charge >= 0.3 is 0 Å². The van der Waals surface area contributed by atoms with Crippen molar-refractivity contribution in [2.24, 2.45) is 5.73 Å². The summed E-state index contributed by atoms with van der Waals surface area (Å²) < 4.78 is 21.0. The van der Waals surface area contributed by atoms with Crippen LogP contribution in [0.1, 0.15) is 17.4 Å². The lowest BCUT2D eigenvalue weighted by Gasteiger charge is -2.06. The van der Waals surface area contributed by atoms with Gasteiger partial charge in [0.2, 0.25) is 0 Å². The third-order valence-electron chi connectivity index (χ3n) is 3.51. The zero-order valence-electron chi connectivity index (χ0n) is 10.9. The number of nitrogens with two attached hydrogens (primary N) is 1. The van der Waals surface area contributed by atoms with Gasteiger partial charge in [0.25, 0.3) is 0 Å². The van der Waals surface area contributed by atoms with Crippen LogP contribution in [0.15, 0.2) is 53.5 Å². The summed E-state index contributed by atoms with van der Waals surface area (Å²) in [7, 11) is 0. The third kappa shape index (κ3) is 1.80. The van der Waals surface area contributed by atoms with E-state index in [9.17, 15) is 4.39 Å². The molecule has 5 nitrogen and oxygen atoms in total. The normalized spacial score (nSPS) is 13.0. The van der Waals surface area contributed by atoms with Crippen molar-refractivity contribution in [3.8, 4) is 0 Å². The van der Waals surface area contributed by atoms with Gasteiger partial charge in [0.15, 0.2) is 11.4 Å². The van der Waals surface area contributed by atoms with E-state index in [1.54, 1.807) is 47.5 Å². The molecule has 0 saturated heterocycles. The Bertz CT molecular complexity index is 943. The Kier molecular flexibility index (Phi) is 2.52. The molecule has 2 N–H and O–H groups in total. The summed E-state index contributed by atoms with van der Waals surface area (Å²) in [5.74, 6) is 0.0985. The summed E-state index contributed by atoms with van der Waals surface area (Å²) in [5, 5.41) is 4.91. The van der Waals surface area contributed by atoms with E-state index in [0.717, 1.165) is 11.1 Å². The number of aromatic nitrogens is 3. The highest BCUT2D eigenvalue weighted by Crippen LogP contribution is 2.29. The van der Waals surface area contributed by atoms with E-state index in [2.05, 4.69) is 10.1 Å². The van der Waals surface area contributed by atoms with Crippen molar-refractivity contribution < 1.29 is 8.81 Å². The van der Waals surface area contributed by atoms with Crippen LogP contribution in [0.2, 0.25) is 0 Å². The molecule has 4 rings (SSSR count). The third-order valence-corrected chi connectivity index (χ3v) is 3.51. The predicted molar refractivity (Wildman–Crippen MR) is 75.2 cm³/mol. The first-order valence-corrected chi connectivity index (χ1v) is 6.45. The largest absolute Gasteiger partial charge is 0.456 e. The minimum atomic E-state index is -0.529. The molecule has 0 fully saturated rings. The summed E-state index contributed by atoms with van der Waals surface area (Å²) in [4.78, 5) is 4.07. The van der Waals surface area contributed by atoms with Crippen LogP contribution < -0.4 is 5.73 Å². The molecule has 104 valence electrons. The number of hydrogen-bond donors (Lipinski definition) is 1. The average Bonchev–Trinajstić information content (AvgIpc) is 3.11. The van der Waals surface area contributed by atoms with Crippen LogP contribution in [0, 0.1) is 5.82 Å². The van der Waals surface area contributed by atoms with Crippen LogP contribution in [0.25, 0.3) is 16.5 Å². The van der Waals surface area contributed by atoms with Gasteiger partial charge in [-0.1, -0.05) is 12.1 Å². The molecule has 0 bridgehead atoms. The molecule has 1 atom stereocenters. The van der Waals surface area contributed by atoms with Gasteiger partial charge in [0.1, 0.15) is 5.76 Å². The second-order valence-electron chi connectivity index (χ2n) is 4.79. The van der Waals surface area contributed by atoms with Crippen molar-refractivity contribution in [2.45, 2.75) is 6.04 Å². The van der Waals surface area contributed by atoms with Crippen LogP contribution in [0.4, 0.5) is 4.39 Å². The fourth-order valence-electron chi connectivity index (χ4n) is 2.45. The fourth-order valence-corrected chi connectivity index (χ4v) is 2.45. The summed E-state index contributed by atoms with van der Waals surface area (Å²) in [5.41, 5.74) is 8.04. The quantitative estimate of drug-likeness (QED) is 0.613. The first-order chi connectivity index (χ1) is 10.2. The summed E-state index contributed by atoms with van der Waals surface area (Å²) in [6.07, 6.45) is 6.74. The summed E-state index contributed by atoms with van der Waals surface area (Å²) in [6, 6.07) is 6.01. The fraction of sp³-hybridized carbons (Fsp3) is 0.0667. The Morgan fingerprint density at radius 2 is 2.19 bits per heavy atom. The van der Waals surface area contributed by atoms with Crippen molar-refractivity contribution >= 4 is 16.5 Å². The lowest BCUT2D eigenvalue weighted by molar-refractivity contribution is 0.503. The lowest BCUT2D eigenvalue weighted by atomic mass is 10.1. The van der Waals surface area contributed by atoms with E-state index in [4.69, 9.17) is 10.2 Å². The van der Waals surface area contributed by atoms with Crippen LogP contribution in [-0.2, 0) is 0 Å². The summed E-state index contributed by atoms with van der Waals surface area (Å²) >= 11 is 0. The molecule has 0 amide bonds. The minimum absolute atomic E-state index is 0.220. The molecular weight excluding hydrogens is 271 g/mol. The molecule has 4 aromatic rings. The maximum atomic E-state index is 13.7. The van der Waals surface area contributed by atoms with Crippen LogP contribution in [-0.4, -0.2) is 14.6 Å². The van der Waals surface area contributed by atoms with E-state index >= 15 is 0 Å². The molecule has 0 aliphatic rings. The number of hydrogen-bond acceptors (Lipinski definition) is 4. The lowest BCUT2D eigenvalue weighted by Crippen LogP contribution is -2.10. The van der Waals surface area contributed by atoms with Crippen molar-refractivity contribution in [1.82, 2.24) is 14.6 Å². The molecule has 1 aromatic carbocycles. The Balaban J connectivity index is 1.86. The van der Waals surface area contributed by atoms with Crippen molar-refractivity contribution in [3.05, 3.63) is 66.2 Å². The second-order valence-corrected chi connectivity index (χ2v) is 4.79. The first kappa shape index (κ1) is 12.0. The molecule has 0 saturated carbocycles. The van der Waals surface area contributed by atoms with E-state index in [1.807, 2.05) is 0 Å². The van der Waals surface area contributed by atoms with Crippen molar-refractivity contribution in [3.63, 3.8) is 0 Å². The van der Waals surface area contributed by atoms with E-state index in [-0.39, 0.29) is 5.58 Å². The topological polar surface area (TPSA) is 69.3 Å². The number of para-hydroxylation sites is 1. The molecular formula is C15H11FN4O. The molecule has 21 heavy (non-hydrogen) atoms. The zero-order valence-corrected chi connectivity index (χ0v) is 10.9. The van der Waals surface area contributed by atoms with E-state index in [0.29, 0.717) is 11.1 Å². The van der Waals surface area contributed by atoms with Gasteiger partial charge < -0.3 is 10.2 Å². The molecule has 3 heterocycles. The van der Waals surface area contributed by atoms with E-state index in [1.165, 1.54) is 6.07 Å².